The van der Waals surface area contributed by atoms with Crippen LogP contribution < -0.4 is 4.72 Å². The van der Waals surface area contributed by atoms with Crippen LogP contribution in [0.15, 0.2) is 53.6 Å². The summed E-state index contributed by atoms with van der Waals surface area (Å²) in [4.78, 5) is -0.118. The SMILES string of the molecule is Cn1ccc2cc(C(O)CNS(=O)(=O)c3cc(Cl)ccc3Cl)ccc21. The van der Waals surface area contributed by atoms with E-state index in [4.69, 9.17) is 23.2 Å². The summed E-state index contributed by atoms with van der Waals surface area (Å²) in [6, 6.07) is 11.6. The Bertz CT molecular complexity index is 1030. The second-order valence-electron chi connectivity index (χ2n) is 5.69. The van der Waals surface area contributed by atoms with Crippen molar-refractivity contribution in [3.05, 3.63) is 64.3 Å². The minimum atomic E-state index is -3.89. The van der Waals surface area contributed by atoms with Crippen LogP contribution in [0.25, 0.3) is 10.9 Å². The normalized spacial score (nSPS) is 13.3. The van der Waals surface area contributed by atoms with Gasteiger partial charge >= 0.3 is 0 Å². The number of aryl methyl sites for hydroxylation is 1. The number of aromatic nitrogens is 1. The summed E-state index contributed by atoms with van der Waals surface area (Å²) in [6.45, 7) is -0.177. The van der Waals surface area contributed by atoms with Gasteiger partial charge in [-0.25, -0.2) is 13.1 Å². The van der Waals surface area contributed by atoms with E-state index in [1.807, 2.05) is 36.0 Å². The monoisotopic (exact) mass is 398 g/mol. The molecular weight excluding hydrogens is 383 g/mol. The summed E-state index contributed by atoms with van der Waals surface area (Å²) in [5.41, 5.74) is 1.65. The van der Waals surface area contributed by atoms with Gasteiger partial charge in [-0.2, -0.15) is 0 Å². The van der Waals surface area contributed by atoms with Gasteiger partial charge < -0.3 is 9.67 Å². The van der Waals surface area contributed by atoms with Gasteiger partial charge in [0.1, 0.15) is 4.90 Å². The van der Waals surface area contributed by atoms with Crippen LogP contribution in [0.3, 0.4) is 0 Å². The number of nitrogens with zero attached hydrogens (tertiary/aromatic N) is 1. The molecule has 0 amide bonds. The van der Waals surface area contributed by atoms with E-state index in [2.05, 4.69) is 4.72 Å². The largest absolute Gasteiger partial charge is 0.387 e. The van der Waals surface area contributed by atoms with Crippen molar-refractivity contribution >= 4 is 44.1 Å². The molecule has 0 radical (unpaired) electrons. The van der Waals surface area contributed by atoms with Crippen molar-refractivity contribution in [2.45, 2.75) is 11.0 Å². The van der Waals surface area contributed by atoms with Gasteiger partial charge in [0, 0.05) is 30.3 Å². The van der Waals surface area contributed by atoms with Crippen LogP contribution in [0, 0.1) is 0 Å². The summed E-state index contributed by atoms with van der Waals surface area (Å²) in [6.07, 6.45) is 0.933. The first-order chi connectivity index (χ1) is 11.8. The minimum Gasteiger partial charge on any atom is -0.387 e. The lowest BCUT2D eigenvalue weighted by molar-refractivity contribution is 0.182. The maximum atomic E-state index is 12.4. The van der Waals surface area contributed by atoms with Crippen molar-refractivity contribution < 1.29 is 13.5 Å². The molecule has 0 bridgehead atoms. The first-order valence-electron chi connectivity index (χ1n) is 7.46. The lowest BCUT2D eigenvalue weighted by Crippen LogP contribution is -2.28. The van der Waals surface area contributed by atoms with Gasteiger partial charge in [-0.3, -0.25) is 0 Å². The van der Waals surface area contributed by atoms with E-state index in [9.17, 15) is 13.5 Å². The topological polar surface area (TPSA) is 71.3 Å². The third-order valence-corrected chi connectivity index (χ3v) is 6.08. The molecule has 25 heavy (non-hydrogen) atoms. The summed E-state index contributed by atoms with van der Waals surface area (Å²) >= 11 is 11.8. The van der Waals surface area contributed by atoms with Crippen LogP contribution in [0.1, 0.15) is 11.7 Å². The lowest BCUT2D eigenvalue weighted by atomic mass is 10.1. The van der Waals surface area contributed by atoms with E-state index in [0.717, 1.165) is 10.9 Å². The fourth-order valence-electron chi connectivity index (χ4n) is 2.57. The molecule has 1 aromatic heterocycles. The Labute approximate surface area is 155 Å². The van der Waals surface area contributed by atoms with Gasteiger partial charge in [0.05, 0.1) is 11.1 Å². The predicted octanol–water partition coefficient (Wildman–Crippen LogP) is 3.50. The molecule has 1 unspecified atom stereocenters. The molecule has 0 aliphatic heterocycles. The number of nitrogens with one attached hydrogen (secondary N) is 1. The van der Waals surface area contributed by atoms with Crippen molar-refractivity contribution in [3.63, 3.8) is 0 Å². The van der Waals surface area contributed by atoms with Gasteiger partial charge in [-0.15, -0.1) is 0 Å². The number of rotatable bonds is 5. The van der Waals surface area contributed by atoms with Crippen LogP contribution in [0.2, 0.25) is 10.0 Å². The molecule has 0 fully saturated rings. The zero-order valence-electron chi connectivity index (χ0n) is 13.3. The lowest BCUT2D eigenvalue weighted by Gasteiger charge is -2.14. The first kappa shape index (κ1) is 18.2. The highest BCUT2D eigenvalue weighted by atomic mass is 35.5. The molecule has 2 N–H and O–H groups in total. The number of halogens is 2. The molecule has 5 nitrogen and oxygen atoms in total. The van der Waals surface area contributed by atoms with E-state index in [0.29, 0.717) is 5.56 Å². The van der Waals surface area contributed by atoms with Crippen molar-refractivity contribution in [1.82, 2.24) is 9.29 Å². The average molecular weight is 399 g/mol. The van der Waals surface area contributed by atoms with E-state index in [1.54, 1.807) is 6.07 Å². The number of aliphatic hydroxyl groups excluding tert-OH is 1. The van der Waals surface area contributed by atoms with Crippen LogP contribution in [-0.2, 0) is 17.1 Å². The third kappa shape index (κ3) is 3.83. The fourth-order valence-corrected chi connectivity index (χ4v) is 4.37. The van der Waals surface area contributed by atoms with Gasteiger partial charge in [0.25, 0.3) is 0 Å². The van der Waals surface area contributed by atoms with Crippen LogP contribution >= 0.6 is 23.2 Å². The number of fused-ring (bicyclic) bond motifs is 1. The Morgan fingerprint density at radius 3 is 2.68 bits per heavy atom. The highest BCUT2D eigenvalue weighted by Gasteiger charge is 2.20. The second-order valence-corrected chi connectivity index (χ2v) is 8.27. The Balaban J connectivity index is 1.78. The first-order valence-corrected chi connectivity index (χ1v) is 9.69. The van der Waals surface area contributed by atoms with Gasteiger partial charge in [-0.1, -0.05) is 29.3 Å². The fraction of sp³-hybridized carbons (Fsp3) is 0.176. The van der Waals surface area contributed by atoms with E-state index in [-0.39, 0.29) is 21.5 Å². The quantitative estimate of drug-likeness (QED) is 0.690. The molecule has 132 valence electrons. The maximum absolute atomic E-state index is 12.4. The summed E-state index contributed by atoms with van der Waals surface area (Å²) in [7, 11) is -1.95. The van der Waals surface area contributed by atoms with E-state index in [1.165, 1.54) is 18.2 Å². The Kier molecular flexibility index (Phi) is 5.09. The molecule has 1 heterocycles. The standard InChI is InChI=1S/C17H16Cl2N2O3S/c1-21-7-6-11-8-12(2-5-15(11)21)16(22)10-20-25(23,24)17-9-13(18)3-4-14(17)19/h2-9,16,20,22H,10H2,1H3. The molecule has 0 aliphatic carbocycles. The van der Waals surface area contributed by atoms with Gasteiger partial charge in [0.15, 0.2) is 0 Å². The van der Waals surface area contributed by atoms with Crippen molar-refractivity contribution in [2.24, 2.45) is 7.05 Å². The van der Waals surface area contributed by atoms with E-state index >= 15 is 0 Å². The zero-order valence-corrected chi connectivity index (χ0v) is 15.6. The molecule has 3 rings (SSSR count). The Morgan fingerprint density at radius 1 is 1.16 bits per heavy atom. The van der Waals surface area contributed by atoms with E-state index < -0.39 is 16.1 Å². The highest BCUT2D eigenvalue weighted by molar-refractivity contribution is 7.89. The molecular formula is C17H16Cl2N2O3S. The minimum absolute atomic E-state index is 0.0668. The Hall–Kier alpha value is -1.57. The molecule has 8 heteroatoms. The number of hydrogen-bond donors (Lipinski definition) is 2. The van der Waals surface area contributed by atoms with Crippen LogP contribution in [0.5, 0.6) is 0 Å². The number of sulfonamides is 1. The molecule has 0 spiro atoms. The van der Waals surface area contributed by atoms with Crippen molar-refractivity contribution in [1.29, 1.82) is 0 Å². The van der Waals surface area contributed by atoms with Crippen LogP contribution in [0.4, 0.5) is 0 Å². The molecule has 3 aromatic rings. The summed E-state index contributed by atoms with van der Waals surface area (Å²) in [5, 5.41) is 11.6. The van der Waals surface area contributed by atoms with Crippen molar-refractivity contribution in [3.8, 4) is 0 Å². The molecule has 0 aliphatic rings. The maximum Gasteiger partial charge on any atom is 0.242 e. The number of hydrogen-bond acceptors (Lipinski definition) is 3. The summed E-state index contributed by atoms with van der Waals surface area (Å²) in [5.74, 6) is 0. The zero-order chi connectivity index (χ0) is 18.2. The van der Waals surface area contributed by atoms with Crippen molar-refractivity contribution in [2.75, 3.05) is 6.54 Å². The average Bonchev–Trinajstić information content (AvgIpc) is 2.95. The molecule has 0 saturated carbocycles. The third-order valence-electron chi connectivity index (χ3n) is 3.94. The smallest absolute Gasteiger partial charge is 0.242 e. The highest BCUT2D eigenvalue weighted by Crippen LogP contribution is 2.25. The molecule has 2 aromatic carbocycles. The molecule has 0 saturated heterocycles. The van der Waals surface area contributed by atoms with Gasteiger partial charge in [-0.05, 0) is 47.3 Å². The number of benzene rings is 2. The second kappa shape index (κ2) is 6.97. The van der Waals surface area contributed by atoms with Gasteiger partial charge in [0.2, 0.25) is 10.0 Å². The van der Waals surface area contributed by atoms with Crippen LogP contribution in [-0.4, -0.2) is 24.6 Å². The predicted molar refractivity (Wildman–Crippen MR) is 99.5 cm³/mol. The number of aliphatic hydroxyl groups is 1. The Morgan fingerprint density at radius 2 is 1.92 bits per heavy atom. The molecule has 1 atom stereocenters. The summed E-state index contributed by atoms with van der Waals surface area (Å²) < 4.78 is 29.1.